The van der Waals surface area contributed by atoms with Crippen molar-refractivity contribution in [2.75, 3.05) is 0 Å². The lowest BCUT2D eigenvalue weighted by atomic mass is 10.1. The van der Waals surface area contributed by atoms with Gasteiger partial charge in [0.2, 0.25) is 0 Å². The van der Waals surface area contributed by atoms with E-state index in [0.717, 1.165) is 25.7 Å². The Bertz CT molecular complexity index is 210. The molecular weight excluding hydrogens is 194 g/mol. The van der Waals surface area contributed by atoms with Gasteiger partial charge in [-0.3, -0.25) is 0 Å². The fourth-order valence-electron chi connectivity index (χ4n) is 1.44. The Balaban J connectivity index is 3.74. The first kappa shape index (κ1) is 13.8. The molecule has 0 radical (unpaired) electrons. The molecule has 0 amide bonds. The highest BCUT2D eigenvalue weighted by Crippen LogP contribution is 2.13. The highest BCUT2D eigenvalue weighted by Gasteiger charge is 2.12. The summed E-state index contributed by atoms with van der Waals surface area (Å²) in [5, 5.41) is 16.9. The van der Waals surface area contributed by atoms with Crippen LogP contribution in [0.25, 0.3) is 0 Å². The van der Waals surface area contributed by atoms with E-state index in [2.05, 4.69) is 6.92 Å². The highest BCUT2D eigenvalue weighted by atomic mass is 16.7. The van der Waals surface area contributed by atoms with Crippen molar-refractivity contribution < 1.29 is 14.6 Å². The van der Waals surface area contributed by atoms with E-state index in [1.165, 1.54) is 0 Å². The Morgan fingerprint density at radius 1 is 1.40 bits per heavy atom. The predicted octanol–water partition coefficient (Wildman–Crippen LogP) is 3.32. The molecule has 0 aromatic rings. The highest BCUT2D eigenvalue weighted by molar-refractivity contribution is 5.57. The molecule has 0 rings (SSSR count). The Labute approximate surface area is 90.9 Å². The van der Waals surface area contributed by atoms with Crippen molar-refractivity contribution in [1.29, 1.82) is 5.26 Å². The Morgan fingerprint density at radius 3 is 2.60 bits per heavy atom. The molecule has 0 spiro atoms. The minimum Gasteiger partial charge on any atom is -0.450 e. The number of rotatable bonds is 8. The van der Waals surface area contributed by atoms with Crippen LogP contribution in [0.2, 0.25) is 0 Å². The smallest absolute Gasteiger partial charge is 0.450 e. The van der Waals surface area contributed by atoms with Crippen LogP contribution >= 0.6 is 0 Å². The van der Waals surface area contributed by atoms with E-state index in [0.29, 0.717) is 19.3 Å². The van der Waals surface area contributed by atoms with Crippen LogP contribution in [0.3, 0.4) is 0 Å². The van der Waals surface area contributed by atoms with E-state index in [9.17, 15) is 4.79 Å². The molecule has 0 aromatic heterocycles. The molecule has 0 bridgehead atoms. The van der Waals surface area contributed by atoms with Crippen molar-refractivity contribution in [3.8, 4) is 6.07 Å². The Morgan fingerprint density at radius 2 is 2.07 bits per heavy atom. The second kappa shape index (κ2) is 9.32. The molecule has 15 heavy (non-hydrogen) atoms. The summed E-state index contributed by atoms with van der Waals surface area (Å²) < 4.78 is 4.75. The van der Waals surface area contributed by atoms with Gasteiger partial charge in [-0.15, -0.1) is 0 Å². The minimum absolute atomic E-state index is 0.234. The summed E-state index contributed by atoms with van der Waals surface area (Å²) in [6, 6.07) is 2.04. The maximum absolute atomic E-state index is 10.4. The van der Waals surface area contributed by atoms with Crippen LogP contribution in [-0.2, 0) is 4.74 Å². The lowest BCUT2D eigenvalue weighted by molar-refractivity contribution is 0.0428. The van der Waals surface area contributed by atoms with Gasteiger partial charge in [0.15, 0.2) is 0 Å². The summed E-state index contributed by atoms with van der Waals surface area (Å²) in [7, 11) is 0. The number of unbranched alkanes of at least 4 members (excludes halogenated alkanes) is 3. The molecule has 86 valence electrons. The third-order valence-corrected chi connectivity index (χ3v) is 2.21. The summed E-state index contributed by atoms with van der Waals surface area (Å²) in [6.45, 7) is 2.10. The average molecular weight is 213 g/mol. The van der Waals surface area contributed by atoms with Gasteiger partial charge in [-0.1, -0.05) is 19.8 Å². The number of nitriles is 1. The van der Waals surface area contributed by atoms with Crippen LogP contribution in [0.1, 0.15) is 51.9 Å². The van der Waals surface area contributed by atoms with Crippen LogP contribution in [0.5, 0.6) is 0 Å². The molecule has 0 saturated heterocycles. The van der Waals surface area contributed by atoms with Gasteiger partial charge in [-0.2, -0.15) is 5.26 Å². The summed E-state index contributed by atoms with van der Waals surface area (Å²) in [4.78, 5) is 10.4. The van der Waals surface area contributed by atoms with E-state index in [-0.39, 0.29) is 6.10 Å². The van der Waals surface area contributed by atoms with Crippen LogP contribution < -0.4 is 0 Å². The largest absolute Gasteiger partial charge is 0.506 e. The topological polar surface area (TPSA) is 70.3 Å². The van der Waals surface area contributed by atoms with Crippen LogP contribution in [0.15, 0.2) is 0 Å². The number of ether oxygens (including phenoxy) is 1. The standard InChI is InChI=1S/C11H19NO3/c1-2-3-4-7-10(15-11(13)14)8-5-6-9-12/h10H,2-8H2,1H3,(H,13,14). The second-order valence-electron chi connectivity index (χ2n) is 3.55. The van der Waals surface area contributed by atoms with Crippen molar-refractivity contribution in [3.05, 3.63) is 0 Å². The first-order chi connectivity index (χ1) is 7.20. The number of carbonyl (C=O) groups is 1. The predicted molar refractivity (Wildman–Crippen MR) is 56.5 cm³/mol. The van der Waals surface area contributed by atoms with Gasteiger partial charge in [0.1, 0.15) is 6.10 Å². The third kappa shape index (κ3) is 9.07. The quantitative estimate of drug-likeness (QED) is 0.496. The third-order valence-electron chi connectivity index (χ3n) is 2.21. The molecule has 0 fully saturated rings. The maximum Gasteiger partial charge on any atom is 0.506 e. The molecule has 4 nitrogen and oxygen atoms in total. The molecule has 1 N–H and O–H groups in total. The summed E-state index contributed by atoms with van der Waals surface area (Å²) in [6.07, 6.45) is 4.34. The van der Waals surface area contributed by atoms with E-state index in [1.54, 1.807) is 0 Å². The molecule has 4 heteroatoms. The van der Waals surface area contributed by atoms with Gasteiger partial charge in [-0.05, 0) is 25.7 Å². The monoisotopic (exact) mass is 213 g/mol. The van der Waals surface area contributed by atoms with E-state index in [1.807, 2.05) is 6.07 Å². The summed E-state index contributed by atoms with van der Waals surface area (Å²) in [5.41, 5.74) is 0. The molecule has 0 heterocycles. The minimum atomic E-state index is -1.21. The second-order valence-corrected chi connectivity index (χ2v) is 3.55. The number of nitrogens with zero attached hydrogens (tertiary/aromatic N) is 1. The first-order valence-corrected chi connectivity index (χ1v) is 5.47. The molecular formula is C11H19NO3. The van der Waals surface area contributed by atoms with E-state index < -0.39 is 6.16 Å². The number of hydrogen-bond donors (Lipinski definition) is 1. The maximum atomic E-state index is 10.4. The lowest BCUT2D eigenvalue weighted by Crippen LogP contribution is -2.16. The first-order valence-electron chi connectivity index (χ1n) is 5.47. The van der Waals surface area contributed by atoms with Gasteiger partial charge in [0.25, 0.3) is 0 Å². The Hall–Kier alpha value is -1.24. The molecule has 0 saturated carbocycles. The van der Waals surface area contributed by atoms with Crippen LogP contribution in [0, 0.1) is 11.3 Å². The molecule has 1 atom stereocenters. The number of hydrogen-bond acceptors (Lipinski definition) is 3. The average Bonchev–Trinajstić information content (AvgIpc) is 2.17. The fraction of sp³-hybridized carbons (Fsp3) is 0.818. The Kier molecular flexibility index (Phi) is 8.55. The van der Waals surface area contributed by atoms with Crippen LogP contribution in [-0.4, -0.2) is 17.4 Å². The van der Waals surface area contributed by atoms with E-state index >= 15 is 0 Å². The normalized spacial score (nSPS) is 11.7. The van der Waals surface area contributed by atoms with Crippen molar-refractivity contribution >= 4 is 6.16 Å². The van der Waals surface area contributed by atoms with Gasteiger partial charge >= 0.3 is 6.16 Å². The summed E-state index contributed by atoms with van der Waals surface area (Å²) >= 11 is 0. The van der Waals surface area contributed by atoms with Crippen LogP contribution in [0.4, 0.5) is 4.79 Å². The zero-order valence-corrected chi connectivity index (χ0v) is 9.24. The fourth-order valence-corrected chi connectivity index (χ4v) is 1.44. The lowest BCUT2D eigenvalue weighted by Gasteiger charge is -2.14. The zero-order chi connectivity index (χ0) is 11.5. The van der Waals surface area contributed by atoms with Crippen molar-refractivity contribution in [1.82, 2.24) is 0 Å². The van der Waals surface area contributed by atoms with Crippen molar-refractivity contribution in [3.63, 3.8) is 0 Å². The van der Waals surface area contributed by atoms with Gasteiger partial charge in [-0.25, -0.2) is 4.79 Å². The molecule has 0 aliphatic rings. The van der Waals surface area contributed by atoms with Gasteiger partial charge in [0, 0.05) is 6.42 Å². The van der Waals surface area contributed by atoms with Crippen molar-refractivity contribution in [2.24, 2.45) is 0 Å². The number of carboxylic acid groups (broad SMARTS) is 1. The zero-order valence-electron chi connectivity index (χ0n) is 9.24. The molecule has 1 unspecified atom stereocenters. The molecule has 0 aliphatic carbocycles. The van der Waals surface area contributed by atoms with E-state index in [4.69, 9.17) is 15.1 Å². The summed E-state index contributed by atoms with van der Waals surface area (Å²) in [5.74, 6) is 0. The SMILES string of the molecule is CCCCCC(CCCC#N)OC(=O)O. The molecule has 0 aliphatic heterocycles. The molecule has 0 aromatic carbocycles. The van der Waals surface area contributed by atoms with Crippen molar-refractivity contribution in [2.45, 2.75) is 58.0 Å². The van der Waals surface area contributed by atoms with Gasteiger partial charge in [0.05, 0.1) is 6.07 Å². The van der Waals surface area contributed by atoms with Gasteiger partial charge < -0.3 is 9.84 Å².